The third-order valence-electron chi connectivity index (χ3n) is 2.35. The minimum atomic E-state index is -3.02. The van der Waals surface area contributed by atoms with Crippen molar-refractivity contribution in [2.24, 2.45) is 0 Å². The summed E-state index contributed by atoms with van der Waals surface area (Å²) in [5, 5.41) is 2.77. The zero-order valence-electron chi connectivity index (χ0n) is 9.54. The lowest BCUT2D eigenvalue weighted by atomic mass is 10.2. The van der Waals surface area contributed by atoms with Crippen molar-refractivity contribution in [3.05, 3.63) is 35.4 Å². The van der Waals surface area contributed by atoms with Crippen LogP contribution in [0, 0.1) is 11.6 Å². The van der Waals surface area contributed by atoms with Crippen LogP contribution in [0.4, 0.5) is 8.78 Å². The molecule has 0 fully saturated rings. The molecule has 0 aliphatic carbocycles. The first-order chi connectivity index (χ1) is 7.94. The third kappa shape index (κ3) is 4.79. The second-order valence-electron chi connectivity index (χ2n) is 3.65. The molecule has 0 saturated heterocycles. The maximum atomic E-state index is 13.2. The van der Waals surface area contributed by atoms with E-state index >= 15 is 0 Å². The average molecular weight is 263 g/mol. The molecule has 0 spiro atoms. The fourth-order valence-corrected chi connectivity index (χ4v) is 2.02. The summed E-state index contributed by atoms with van der Waals surface area (Å²) >= 11 is 0. The molecule has 1 rings (SSSR count). The first-order valence-corrected chi connectivity index (χ1v) is 7.12. The second kappa shape index (κ2) is 6.07. The zero-order valence-corrected chi connectivity index (χ0v) is 10.4. The zero-order chi connectivity index (χ0) is 12.9. The van der Waals surface area contributed by atoms with E-state index in [1.54, 1.807) is 6.92 Å². The average Bonchev–Trinajstić information content (AvgIpc) is 2.29. The lowest BCUT2D eigenvalue weighted by Gasteiger charge is -2.06. The van der Waals surface area contributed by atoms with Gasteiger partial charge in [0.15, 0.2) is 9.84 Å². The van der Waals surface area contributed by atoms with Crippen LogP contribution in [-0.4, -0.2) is 26.5 Å². The number of rotatable bonds is 6. The van der Waals surface area contributed by atoms with Crippen LogP contribution in [-0.2, 0) is 16.4 Å². The lowest BCUT2D eigenvalue weighted by molar-refractivity contribution is 0.569. The molecule has 0 aromatic heterocycles. The van der Waals surface area contributed by atoms with Crippen molar-refractivity contribution in [2.45, 2.75) is 13.5 Å². The van der Waals surface area contributed by atoms with Crippen LogP contribution in [0.3, 0.4) is 0 Å². The Morgan fingerprint density at radius 3 is 2.65 bits per heavy atom. The summed E-state index contributed by atoms with van der Waals surface area (Å²) in [6, 6.07) is 3.19. The predicted octanol–water partition coefficient (Wildman–Crippen LogP) is 1.49. The molecular weight excluding hydrogens is 248 g/mol. The Labute approximate surface area is 99.8 Å². The lowest BCUT2D eigenvalue weighted by Crippen LogP contribution is -2.24. The molecule has 3 nitrogen and oxygen atoms in total. The molecule has 1 N–H and O–H groups in total. The highest BCUT2D eigenvalue weighted by Gasteiger charge is 2.07. The van der Waals surface area contributed by atoms with E-state index in [0.717, 1.165) is 18.2 Å². The Balaban J connectivity index is 2.44. The molecule has 6 heteroatoms. The van der Waals surface area contributed by atoms with Gasteiger partial charge in [-0.15, -0.1) is 0 Å². The maximum absolute atomic E-state index is 13.2. The molecule has 0 bridgehead atoms. The molecule has 0 saturated carbocycles. The Hall–Kier alpha value is -1.01. The van der Waals surface area contributed by atoms with Gasteiger partial charge in [-0.25, -0.2) is 17.2 Å². The highest BCUT2D eigenvalue weighted by atomic mass is 32.2. The van der Waals surface area contributed by atoms with Crippen molar-refractivity contribution in [3.63, 3.8) is 0 Å². The summed E-state index contributed by atoms with van der Waals surface area (Å²) in [6.45, 7) is 1.91. The number of hydrogen-bond acceptors (Lipinski definition) is 3. The topological polar surface area (TPSA) is 46.2 Å². The Morgan fingerprint density at radius 2 is 2.00 bits per heavy atom. The molecule has 0 unspecified atom stereocenters. The highest BCUT2D eigenvalue weighted by molar-refractivity contribution is 7.91. The normalized spacial score (nSPS) is 11.7. The number of sulfone groups is 1. The largest absolute Gasteiger partial charge is 0.312 e. The van der Waals surface area contributed by atoms with Crippen LogP contribution in [0.2, 0.25) is 0 Å². The SMILES string of the molecule is CCS(=O)(=O)CCNCc1cc(F)ccc1F. The quantitative estimate of drug-likeness (QED) is 0.791. The standard InChI is InChI=1S/C11H15F2NO2S/c1-2-17(15,16)6-5-14-8-9-7-10(12)3-4-11(9)13/h3-4,7,14H,2,5-6,8H2,1H3. The molecule has 96 valence electrons. The second-order valence-corrected chi connectivity index (χ2v) is 6.12. The van der Waals surface area contributed by atoms with E-state index in [2.05, 4.69) is 5.32 Å². The van der Waals surface area contributed by atoms with E-state index in [4.69, 9.17) is 0 Å². The molecule has 0 amide bonds. The Morgan fingerprint density at radius 1 is 1.29 bits per heavy atom. The molecular formula is C11H15F2NO2S. The van der Waals surface area contributed by atoms with Crippen molar-refractivity contribution in [2.75, 3.05) is 18.1 Å². The maximum Gasteiger partial charge on any atom is 0.151 e. The molecule has 0 atom stereocenters. The molecule has 0 aliphatic rings. The van der Waals surface area contributed by atoms with Gasteiger partial charge in [0, 0.05) is 24.4 Å². The molecule has 0 radical (unpaired) electrons. The number of hydrogen-bond donors (Lipinski definition) is 1. The molecule has 1 aromatic rings. The molecule has 0 heterocycles. The van der Waals surface area contributed by atoms with E-state index < -0.39 is 21.5 Å². The number of halogens is 2. The Bertz CT molecular complexity index is 474. The van der Waals surface area contributed by atoms with Gasteiger partial charge in [-0.1, -0.05) is 6.92 Å². The van der Waals surface area contributed by atoms with Crippen molar-refractivity contribution >= 4 is 9.84 Å². The summed E-state index contributed by atoms with van der Waals surface area (Å²) in [5.74, 6) is -0.926. The summed E-state index contributed by atoms with van der Waals surface area (Å²) in [7, 11) is -3.02. The summed E-state index contributed by atoms with van der Waals surface area (Å²) in [4.78, 5) is 0. The predicted molar refractivity (Wildman–Crippen MR) is 62.4 cm³/mol. The van der Waals surface area contributed by atoms with Gasteiger partial charge in [-0.05, 0) is 18.2 Å². The van der Waals surface area contributed by atoms with Crippen LogP contribution in [0.25, 0.3) is 0 Å². The van der Waals surface area contributed by atoms with Gasteiger partial charge in [0.2, 0.25) is 0 Å². The van der Waals surface area contributed by atoms with Gasteiger partial charge in [-0.2, -0.15) is 0 Å². The van der Waals surface area contributed by atoms with Gasteiger partial charge in [0.1, 0.15) is 11.6 Å². The molecule has 17 heavy (non-hydrogen) atoms. The minimum Gasteiger partial charge on any atom is -0.312 e. The van der Waals surface area contributed by atoms with Gasteiger partial charge >= 0.3 is 0 Å². The van der Waals surface area contributed by atoms with Crippen LogP contribution < -0.4 is 5.32 Å². The Kier molecular flexibility index (Phi) is 5.02. The summed E-state index contributed by atoms with van der Waals surface area (Å²) < 4.78 is 48.3. The van der Waals surface area contributed by atoms with E-state index in [1.165, 1.54) is 0 Å². The van der Waals surface area contributed by atoms with Crippen LogP contribution in [0.15, 0.2) is 18.2 Å². The fourth-order valence-electron chi connectivity index (χ4n) is 1.27. The van der Waals surface area contributed by atoms with E-state index in [-0.39, 0.29) is 30.2 Å². The monoisotopic (exact) mass is 263 g/mol. The summed E-state index contributed by atoms with van der Waals surface area (Å²) in [6.07, 6.45) is 0. The van der Waals surface area contributed by atoms with E-state index in [1.807, 2.05) is 0 Å². The van der Waals surface area contributed by atoms with Gasteiger partial charge in [-0.3, -0.25) is 0 Å². The van der Waals surface area contributed by atoms with E-state index in [0.29, 0.717) is 0 Å². The van der Waals surface area contributed by atoms with Gasteiger partial charge < -0.3 is 5.32 Å². The van der Waals surface area contributed by atoms with Crippen LogP contribution in [0.5, 0.6) is 0 Å². The molecule has 0 aliphatic heterocycles. The number of nitrogens with one attached hydrogen (secondary N) is 1. The number of benzene rings is 1. The van der Waals surface area contributed by atoms with Gasteiger partial charge in [0.05, 0.1) is 5.75 Å². The summed E-state index contributed by atoms with van der Waals surface area (Å²) in [5.41, 5.74) is 0.193. The first kappa shape index (κ1) is 14.1. The smallest absolute Gasteiger partial charge is 0.151 e. The van der Waals surface area contributed by atoms with Crippen molar-refractivity contribution < 1.29 is 17.2 Å². The highest BCUT2D eigenvalue weighted by Crippen LogP contribution is 2.08. The van der Waals surface area contributed by atoms with Crippen LogP contribution >= 0.6 is 0 Å². The van der Waals surface area contributed by atoms with Crippen molar-refractivity contribution in [1.82, 2.24) is 5.32 Å². The van der Waals surface area contributed by atoms with Gasteiger partial charge in [0.25, 0.3) is 0 Å². The fraction of sp³-hybridized carbons (Fsp3) is 0.455. The third-order valence-corrected chi connectivity index (χ3v) is 4.06. The van der Waals surface area contributed by atoms with E-state index in [9.17, 15) is 17.2 Å². The van der Waals surface area contributed by atoms with Crippen LogP contribution in [0.1, 0.15) is 12.5 Å². The van der Waals surface area contributed by atoms with Crippen molar-refractivity contribution in [3.8, 4) is 0 Å². The molecule has 1 aromatic carbocycles. The van der Waals surface area contributed by atoms with Crippen molar-refractivity contribution in [1.29, 1.82) is 0 Å². The first-order valence-electron chi connectivity index (χ1n) is 5.29. The minimum absolute atomic E-state index is 0.000431.